The van der Waals surface area contributed by atoms with Crippen LogP contribution in [0.15, 0.2) is 175 Å². The van der Waals surface area contributed by atoms with Gasteiger partial charge in [0.1, 0.15) is 5.84 Å². The van der Waals surface area contributed by atoms with Gasteiger partial charge in [-0.05, 0) is 108 Å². The van der Waals surface area contributed by atoms with Gasteiger partial charge in [0.15, 0.2) is 0 Å². The SMILES string of the molecule is CC(C)C1c2ccc(-c3ccc(-c4ccc(C5C=C(c6ccccc6)NC(c6ccccc6)=N5)cc4)cc3)cc2-c2cc3c(cc21)-c1ccccc1C3(C)C. The first-order valence-corrected chi connectivity index (χ1v) is 19.6. The quantitative estimate of drug-likeness (QED) is 0.183. The summed E-state index contributed by atoms with van der Waals surface area (Å²) < 4.78 is 0. The third-order valence-electron chi connectivity index (χ3n) is 12.2. The smallest absolute Gasteiger partial charge is 0.133 e. The highest BCUT2D eigenvalue weighted by molar-refractivity contribution is 6.05. The Hall–Kier alpha value is -6.25. The number of aliphatic imine (C=N–C) groups is 1. The van der Waals surface area contributed by atoms with Crippen LogP contribution in [0.25, 0.3) is 50.2 Å². The second-order valence-electron chi connectivity index (χ2n) is 16.2. The lowest BCUT2D eigenvalue weighted by molar-refractivity contribution is 0.573. The molecule has 1 N–H and O–H groups in total. The van der Waals surface area contributed by atoms with Gasteiger partial charge < -0.3 is 5.32 Å². The fraction of sp³-hybridized carbons (Fsp3) is 0.151. The van der Waals surface area contributed by atoms with Crippen molar-refractivity contribution in [3.8, 4) is 44.5 Å². The molecule has 0 spiro atoms. The Morgan fingerprint density at radius 1 is 0.491 bits per heavy atom. The maximum absolute atomic E-state index is 5.16. The van der Waals surface area contributed by atoms with Crippen molar-refractivity contribution in [3.05, 3.63) is 209 Å². The highest BCUT2D eigenvalue weighted by Gasteiger charge is 2.39. The standard InChI is InChI=1S/C53H44N2/c1-33(2)51-42-28-27-40(29-43(42)44-31-48-45(30-46(44)51)41-17-11-12-18-47(41)53(48,3)4)36-21-19-34(20-22-36)35-23-25-38(26-24-35)50-32-49(37-13-7-5-8-14-37)54-52(55-50)39-15-9-6-10-16-39/h5-33,50-51H,1-4H3,(H,54,55). The molecule has 0 fully saturated rings. The molecule has 0 aromatic heterocycles. The van der Waals surface area contributed by atoms with Crippen LogP contribution in [0.2, 0.25) is 0 Å². The van der Waals surface area contributed by atoms with Crippen LogP contribution in [0.5, 0.6) is 0 Å². The first kappa shape index (κ1) is 33.3. The molecule has 0 saturated heterocycles. The highest BCUT2D eigenvalue weighted by atomic mass is 15.0. The molecule has 0 radical (unpaired) electrons. The van der Waals surface area contributed by atoms with E-state index in [4.69, 9.17) is 4.99 Å². The lowest BCUT2D eigenvalue weighted by Gasteiger charge is -2.23. The van der Waals surface area contributed by atoms with Gasteiger partial charge in [-0.25, -0.2) is 0 Å². The van der Waals surface area contributed by atoms with E-state index in [9.17, 15) is 0 Å². The molecule has 2 aliphatic carbocycles. The van der Waals surface area contributed by atoms with Crippen molar-refractivity contribution in [3.63, 3.8) is 0 Å². The van der Waals surface area contributed by atoms with E-state index in [0.717, 1.165) is 22.7 Å². The van der Waals surface area contributed by atoms with E-state index < -0.39 is 0 Å². The first-order valence-electron chi connectivity index (χ1n) is 19.6. The van der Waals surface area contributed by atoms with E-state index in [2.05, 4.69) is 197 Å². The second kappa shape index (κ2) is 13.0. The molecule has 7 aromatic carbocycles. The number of nitrogens with zero attached hydrogens (tertiary/aromatic N) is 1. The van der Waals surface area contributed by atoms with Crippen molar-refractivity contribution >= 4 is 11.5 Å². The normalized spacial score (nSPS) is 17.4. The zero-order chi connectivity index (χ0) is 37.3. The summed E-state index contributed by atoms with van der Waals surface area (Å²) in [5.41, 5.74) is 20.8. The molecule has 2 nitrogen and oxygen atoms in total. The van der Waals surface area contributed by atoms with E-state index in [1.165, 1.54) is 72.3 Å². The number of benzene rings is 7. The summed E-state index contributed by atoms with van der Waals surface area (Å²) in [6.07, 6.45) is 2.23. The fourth-order valence-electron chi connectivity index (χ4n) is 9.34. The minimum Gasteiger partial charge on any atom is -0.340 e. The number of amidine groups is 1. The lowest BCUT2D eigenvalue weighted by Crippen LogP contribution is -2.27. The molecule has 2 unspecified atom stereocenters. The predicted octanol–water partition coefficient (Wildman–Crippen LogP) is 13.2. The molecule has 0 saturated carbocycles. The van der Waals surface area contributed by atoms with Crippen LogP contribution in [0.4, 0.5) is 0 Å². The van der Waals surface area contributed by atoms with Crippen molar-refractivity contribution in [2.24, 2.45) is 10.9 Å². The van der Waals surface area contributed by atoms with Crippen molar-refractivity contribution in [2.45, 2.75) is 45.1 Å². The van der Waals surface area contributed by atoms with E-state index in [0.29, 0.717) is 11.8 Å². The van der Waals surface area contributed by atoms with Crippen LogP contribution in [0.1, 0.15) is 78.6 Å². The fourth-order valence-corrected chi connectivity index (χ4v) is 9.34. The van der Waals surface area contributed by atoms with Gasteiger partial charge >= 0.3 is 0 Å². The Balaban J connectivity index is 0.948. The first-order chi connectivity index (χ1) is 26.8. The molecule has 0 bridgehead atoms. The molecule has 2 heteroatoms. The minimum atomic E-state index is -0.0919. The summed E-state index contributed by atoms with van der Waals surface area (Å²) >= 11 is 0. The Bertz CT molecular complexity index is 2590. The third-order valence-corrected chi connectivity index (χ3v) is 12.2. The largest absolute Gasteiger partial charge is 0.340 e. The van der Waals surface area contributed by atoms with Crippen molar-refractivity contribution < 1.29 is 0 Å². The number of hydrogen-bond acceptors (Lipinski definition) is 2. The zero-order valence-corrected chi connectivity index (χ0v) is 31.8. The van der Waals surface area contributed by atoms with Gasteiger partial charge in [-0.3, -0.25) is 4.99 Å². The summed E-state index contributed by atoms with van der Waals surface area (Å²) in [6, 6.07) is 60.0. The van der Waals surface area contributed by atoms with E-state index in [1.807, 2.05) is 6.07 Å². The average Bonchev–Trinajstić information content (AvgIpc) is 3.68. The van der Waals surface area contributed by atoms with Crippen LogP contribution < -0.4 is 5.32 Å². The zero-order valence-electron chi connectivity index (χ0n) is 31.8. The summed E-state index contributed by atoms with van der Waals surface area (Å²) in [5, 5.41) is 3.59. The molecule has 7 aromatic rings. The number of rotatable bonds is 6. The molecule has 266 valence electrons. The van der Waals surface area contributed by atoms with Gasteiger partial charge in [0.2, 0.25) is 0 Å². The number of hydrogen-bond donors (Lipinski definition) is 1. The summed E-state index contributed by atoms with van der Waals surface area (Å²) in [6.45, 7) is 9.50. The van der Waals surface area contributed by atoms with Crippen LogP contribution in [-0.2, 0) is 5.41 Å². The van der Waals surface area contributed by atoms with Crippen LogP contribution in [0, 0.1) is 5.92 Å². The molecule has 55 heavy (non-hydrogen) atoms. The highest BCUT2D eigenvalue weighted by Crippen LogP contribution is 2.56. The molecule has 2 atom stereocenters. The van der Waals surface area contributed by atoms with E-state index >= 15 is 0 Å². The van der Waals surface area contributed by atoms with Crippen molar-refractivity contribution in [2.75, 3.05) is 0 Å². The third kappa shape index (κ3) is 5.59. The average molecular weight is 709 g/mol. The van der Waals surface area contributed by atoms with E-state index in [-0.39, 0.29) is 11.5 Å². The van der Waals surface area contributed by atoms with Crippen molar-refractivity contribution in [1.82, 2.24) is 5.32 Å². The number of nitrogens with one attached hydrogen (secondary N) is 1. The molecule has 0 amide bonds. The van der Waals surface area contributed by atoms with Gasteiger partial charge in [0, 0.05) is 22.6 Å². The Kier molecular flexibility index (Phi) is 7.85. The maximum atomic E-state index is 5.16. The minimum absolute atomic E-state index is 0.0174. The summed E-state index contributed by atoms with van der Waals surface area (Å²) in [7, 11) is 0. The Labute approximate surface area is 325 Å². The predicted molar refractivity (Wildman–Crippen MR) is 230 cm³/mol. The van der Waals surface area contributed by atoms with E-state index in [1.54, 1.807) is 0 Å². The monoisotopic (exact) mass is 708 g/mol. The van der Waals surface area contributed by atoms with Gasteiger partial charge in [-0.2, -0.15) is 0 Å². The molecular formula is C53H44N2. The molecule has 1 aliphatic heterocycles. The van der Waals surface area contributed by atoms with Gasteiger partial charge in [-0.1, -0.05) is 173 Å². The molecule has 3 aliphatic rings. The van der Waals surface area contributed by atoms with Gasteiger partial charge in [0.25, 0.3) is 0 Å². The molecule has 10 rings (SSSR count). The Morgan fingerprint density at radius 2 is 1.07 bits per heavy atom. The molecule has 1 heterocycles. The summed E-state index contributed by atoms with van der Waals surface area (Å²) in [5.74, 6) is 1.79. The van der Waals surface area contributed by atoms with Crippen LogP contribution in [-0.4, -0.2) is 5.84 Å². The van der Waals surface area contributed by atoms with Crippen LogP contribution in [0.3, 0.4) is 0 Å². The lowest BCUT2D eigenvalue weighted by atomic mass is 9.80. The van der Waals surface area contributed by atoms with Gasteiger partial charge in [0.05, 0.1) is 6.04 Å². The van der Waals surface area contributed by atoms with Crippen LogP contribution >= 0.6 is 0 Å². The molecular weight excluding hydrogens is 665 g/mol. The van der Waals surface area contributed by atoms with Gasteiger partial charge in [-0.15, -0.1) is 0 Å². The number of fused-ring (bicyclic) bond motifs is 6. The topological polar surface area (TPSA) is 24.4 Å². The second-order valence-corrected chi connectivity index (χ2v) is 16.2. The Morgan fingerprint density at radius 3 is 1.76 bits per heavy atom. The maximum Gasteiger partial charge on any atom is 0.133 e. The summed E-state index contributed by atoms with van der Waals surface area (Å²) in [4.78, 5) is 5.16. The van der Waals surface area contributed by atoms with Crippen molar-refractivity contribution in [1.29, 1.82) is 0 Å².